The molecule has 11 heteroatoms. The zero-order chi connectivity index (χ0) is 25.7. The summed E-state index contributed by atoms with van der Waals surface area (Å²) in [5.74, 6) is -0.370. The second-order valence-electron chi connectivity index (χ2n) is 9.28. The molecule has 4 heterocycles. The number of carbonyl (C=O) groups excluding carboxylic acids is 2. The molecule has 0 spiro atoms. The van der Waals surface area contributed by atoms with Crippen LogP contribution in [0.4, 0.5) is 16.0 Å². The van der Waals surface area contributed by atoms with E-state index in [1.165, 1.54) is 24.5 Å². The van der Waals surface area contributed by atoms with Gasteiger partial charge in [-0.05, 0) is 55.2 Å². The lowest BCUT2D eigenvalue weighted by molar-refractivity contribution is -0.128. The quantitative estimate of drug-likeness (QED) is 0.404. The molecule has 10 nitrogen and oxygen atoms in total. The van der Waals surface area contributed by atoms with Crippen LogP contribution in [-0.2, 0) is 4.79 Å². The maximum absolute atomic E-state index is 15.5. The van der Waals surface area contributed by atoms with E-state index in [4.69, 9.17) is 10.8 Å². The van der Waals surface area contributed by atoms with Gasteiger partial charge in [-0.3, -0.25) is 9.59 Å². The summed E-state index contributed by atoms with van der Waals surface area (Å²) in [6.45, 7) is 4.31. The highest BCUT2D eigenvalue weighted by molar-refractivity contribution is 6.04. The Kier molecular flexibility index (Phi) is 5.40. The third-order valence-corrected chi connectivity index (χ3v) is 7.13. The fraction of sp³-hybridized carbons (Fsp3) is 0.231. The van der Waals surface area contributed by atoms with E-state index in [2.05, 4.69) is 26.8 Å². The van der Waals surface area contributed by atoms with Crippen LogP contribution in [0, 0.1) is 11.7 Å². The number of rotatable bonds is 5. The number of hydrogen-bond donors (Lipinski definition) is 2. The average molecular weight is 499 g/mol. The van der Waals surface area contributed by atoms with E-state index < -0.39 is 11.7 Å². The number of benzene rings is 1. The Labute approximate surface area is 211 Å². The largest absolute Gasteiger partial charge is 0.383 e. The molecule has 3 atom stereocenters. The van der Waals surface area contributed by atoms with E-state index in [-0.39, 0.29) is 40.6 Å². The molecule has 1 saturated heterocycles. The molecule has 1 aliphatic carbocycles. The molecular weight excluding hydrogens is 475 g/mol. The highest BCUT2D eigenvalue weighted by atomic mass is 19.1. The number of hydrogen-bond acceptors (Lipinski definition) is 7. The summed E-state index contributed by atoms with van der Waals surface area (Å²) in [7, 11) is 0. The lowest BCUT2D eigenvalue weighted by atomic mass is 10.1. The van der Waals surface area contributed by atoms with Crippen LogP contribution in [0.15, 0.2) is 61.6 Å². The lowest BCUT2D eigenvalue weighted by Crippen LogP contribution is -2.42. The molecule has 1 saturated carbocycles. The average Bonchev–Trinajstić information content (AvgIpc) is 3.62. The minimum Gasteiger partial charge on any atom is -0.383 e. The molecule has 2 bridgehead atoms. The van der Waals surface area contributed by atoms with Gasteiger partial charge in [-0.15, -0.1) is 0 Å². The number of nitrogens with zero attached hydrogens (tertiary/aromatic N) is 6. The summed E-state index contributed by atoms with van der Waals surface area (Å²) in [6, 6.07) is 9.07. The molecule has 0 unspecified atom stereocenters. The SMILES string of the molecule is C=CC(=O)N1C[C@@H]2C[C@@H]1[C@@H](n1nc(-c3ccc(C(=O)Nc4ccccn4)cc3F)c3c(N)ncnc31)C2. The molecule has 1 aliphatic heterocycles. The first-order valence-electron chi connectivity index (χ1n) is 11.9. The second kappa shape index (κ2) is 8.77. The summed E-state index contributed by atoms with van der Waals surface area (Å²) in [6.07, 6.45) is 5.90. The van der Waals surface area contributed by atoms with E-state index in [0.29, 0.717) is 29.3 Å². The Bertz CT molecular complexity index is 1550. The molecule has 186 valence electrons. The number of piperidine rings is 1. The van der Waals surface area contributed by atoms with Crippen molar-refractivity contribution in [3.63, 3.8) is 0 Å². The summed E-state index contributed by atoms with van der Waals surface area (Å²) in [5.41, 5.74) is 7.28. The molecule has 2 amide bonds. The summed E-state index contributed by atoms with van der Waals surface area (Å²) >= 11 is 0. The van der Waals surface area contributed by atoms with Crippen molar-refractivity contribution in [1.29, 1.82) is 0 Å². The van der Waals surface area contributed by atoms with Crippen molar-refractivity contribution in [2.24, 2.45) is 5.92 Å². The predicted molar refractivity (Wildman–Crippen MR) is 135 cm³/mol. The summed E-state index contributed by atoms with van der Waals surface area (Å²) in [5, 5.41) is 7.83. The number of amides is 2. The van der Waals surface area contributed by atoms with E-state index in [1.807, 2.05) is 4.90 Å². The fourth-order valence-electron chi connectivity index (χ4n) is 5.51. The maximum Gasteiger partial charge on any atom is 0.256 e. The predicted octanol–water partition coefficient (Wildman–Crippen LogP) is 3.21. The molecule has 3 aromatic heterocycles. The number of aromatic nitrogens is 5. The van der Waals surface area contributed by atoms with Gasteiger partial charge in [0.1, 0.15) is 29.5 Å². The third-order valence-electron chi connectivity index (χ3n) is 7.13. The smallest absolute Gasteiger partial charge is 0.256 e. The van der Waals surface area contributed by atoms with Crippen LogP contribution in [0.1, 0.15) is 29.2 Å². The number of carbonyl (C=O) groups is 2. The van der Waals surface area contributed by atoms with E-state index >= 15 is 4.39 Å². The number of nitrogens with two attached hydrogens (primary N) is 1. The van der Waals surface area contributed by atoms with Crippen LogP contribution < -0.4 is 11.1 Å². The number of pyridine rings is 1. The number of nitrogen functional groups attached to an aromatic ring is 1. The number of fused-ring (bicyclic) bond motifs is 3. The van der Waals surface area contributed by atoms with Gasteiger partial charge in [-0.25, -0.2) is 24.0 Å². The lowest BCUT2D eigenvalue weighted by Gasteiger charge is -2.32. The van der Waals surface area contributed by atoms with Gasteiger partial charge in [0, 0.05) is 23.9 Å². The highest BCUT2D eigenvalue weighted by Gasteiger charge is 2.48. The van der Waals surface area contributed by atoms with Gasteiger partial charge in [-0.1, -0.05) is 12.6 Å². The van der Waals surface area contributed by atoms with E-state index in [0.717, 1.165) is 18.9 Å². The van der Waals surface area contributed by atoms with Crippen LogP contribution >= 0.6 is 0 Å². The monoisotopic (exact) mass is 498 g/mol. The summed E-state index contributed by atoms with van der Waals surface area (Å²) < 4.78 is 17.2. The van der Waals surface area contributed by atoms with Crippen molar-refractivity contribution in [3.8, 4) is 11.3 Å². The van der Waals surface area contributed by atoms with Gasteiger partial charge in [-0.2, -0.15) is 5.10 Å². The van der Waals surface area contributed by atoms with Crippen molar-refractivity contribution < 1.29 is 14.0 Å². The first-order valence-corrected chi connectivity index (χ1v) is 11.9. The Balaban J connectivity index is 1.38. The first-order chi connectivity index (χ1) is 17.9. The second-order valence-corrected chi connectivity index (χ2v) is 9.28. The minimum atomic E-state index is -0.639. The molecule has 0 radical (unpaired) electrons. The van der Waals surface area contributed by atoms with Crippen LogP contribution in [0.2, 0.25) is 0 Å². The Morgan fingerprint density at radius 3 is 2.70 bits per heavy atom. The number of halogens is 1. The minimum absolute atomic E-state index is 0.0647. The number of nitrogens with one attached hydrogen (secondary N) is 1. The van der Waals surface area contributed by atoms with E-state index in [1.54, 1.807) is 29.1 Å². The van der Waals surface area contributed by atoms with Gasteiger partial charge in [0.05, 0.1) is 17.5 Å². The van der Waals surface area contributed by atoms with E-state index in [9.17, 15) is 9.59 Å². The fourth-order valence-corrected chi connectivity index (χ4v) is 5.51. The van der Waals surface area contributed by atoms with Crippen molar-refractivity contribution in [3.05, 3.63) is 73.0 Å². The summed E-state index contributed by atoms with van der Waals surface area (Å²) in [4.78, 5) is 39.4. The van der Waals surface area contributed by atoms with Gasteiger partial charge >= 0.3 is 0 Å². The van der Waals surface area contributed by atoms with Crippen LogP contribution in [0.25, 0.3) is 22.3 Å². The van der Waals surface area contributed by atoms with Crippen LogP contribution in [-0.4, -0.2) is 54.0 Å². The highest BCUT2D eigenvalue weighted by Crippen LogP contribution is 2.46. The van der Waals surface area contributed by atoms with Gasteiger partial charge in [0.25, 0.3) is 5.91 Å². The normalized spacial score (nSPS) is 20.4. The maximum atomic E-state index is 15.5. The van der Waals surface area contributed by atoms with Crippen molar-refractivity contribution in [2.45, 2.75) is 24.9 Å². The van der Waals surface area contributed by atoms with Crippen molar-refractivity contribution in [2.75, 3.05) is 17.6 Å². The molecule has 4 aromatic rings. The number of likely N-dealkylation sites (tertiary alicyclic amines) is 1. The standard InChI is InChI=1S/C26H23FN8O2/c1-2-21(36)34-12-14-9-18(34)19(10-14)35-25-22(24(28)30-13-31-25)23(33-35)16-7-6-15(11-17(16)27)26(37)32-20-5-3-4-8-29-20/h2-8,11,13-14,18-19H,1,9-10,12H2,(H2,28,30,31)(H,29,32,37)/t14-,18-,19+/m1/s1. The molecule has 2 aliphatic rings. The van der Waals surface area contributed by atoms with Crippen molar-refractivity contribution in [1.82, 2.24) is 29.6 Å². The number of anilines is 2. The zero-order valence-electron chi connectivity index (χ0n) is 19.7. The molecule has 37 heavy (non-hydrogen) atoms. The Hall–Kier alpha value is -4.67. The van der Waals surface area contributed by atoms with Crippen molar-refractivity contribution >= 4 is 34.5 Å². The van der Waals surface area contributed by atoms with Crippen LogP contribution in [0.3, 0.4) is 0 Å². The topological polar surface area (TPSA) is 132 Å². The Morgan fingerprint density at radius 1 is 1.14 bits per heavy atom. The third kappa shape index (κ3) is 3.79. The molecule has 6 rings (SSSR count). The van der Waals surface area contributed by atoms with Gasteiger partial charge in [0.2, 0.25) is 5.91 Å². The first kappa shape index (κ1) is 22.8. The molecule has 3 N–H and O–H groups in total. The zero-order valence-corrected chi connectivity index (χ0v) is 19.7. The van der Waals surface area contributed by atoms with Gasteiger partial charge in [0.15, 0.2) is 5.65 Å². The molecule has 1 aromatic carbocycles. The van der Waals surface area contributed by atoms with Gasteiger partial charge < -0.3 is 16.0 Å². The molecule has 2 fully saturated rings. The van der Waals surface area contributed by atoms with Crippen LogP contribution in [0.5, 0.6) is 0 Å². The Morgan fingerprint density at radius 2 is 1.97 bits per heavy atom. The molecular formula is C26H23FN8O2.